The molecule has 1 radical (unpaired) electrons. The van der Waals surface area contributed by atoms with E-state index in [4.69, 9.17) is 4.42 Å². The van der Waals surface area contributed by atoms with Crippen LogP contribution in [0.1, 0.15) is 11.7 Å². The second-order valence-corrected chi connectivity index (χ2v) is 1.61. The SMILES string of the molecule is [CH2]Cc1ncc(C)o1. The Morgan fingerprint density at radius 3 is 2.88 bits per heavy atom. The van der Waals surface area contributed by atoms with Gasteiger partial charge in [0.15, 0.2) is 5.89 Å². The molecule has 2 nitrogen and oxygen atoms in total. The van der Waals surface area contributed by atoms with Crippen LogP contribution in [-0.2, 0) is 6.42 Å². The Kier molecular flexibility index (Phi) is 1.33. The molecule has 0 amide bonds. The Bertz CT molecular complexity index is 169. The van der Waals surface area contributed by atoms with Crippen LogP contribution in [0, 0.1) is 13.8 Å². The van der Waals surface area contributed by atoms with Gasteiger partial charge in [0.2, 0.25) is 0 Å². The molecule has 0 saturated carbocycles. The van der Waals surface area contributed by atoms with E-state index in [0.717, 1.165) is 5.76 Å². The van der Waals surface area contributed by atoms with Crippen molar-refractivity contribution in [1.29, 1.82) is 0 Å². The summed E-state index contributed by atoms with van der Waals surface area (Å²) in [5.74, 6) is 1.56. The second kappa shape index (κ2) is 1.99. The topological polar surface area (TPSA) is 26.0 Å². The molecular weight excluding hydrogens is 102 g/mol. The molecule has 0 aliphatic rings. The highest BCUT2D eigenvalue weighted by Crippen LogP contribution is 2.00. The third-order valence-electron chi connectivity index (χ3n) is 0.883. The van der Waals surface area contributed by atoms with Crippen LogP contribution in [0.5, 0.6) is 0 Å². The molecule has 0 aromatic carbocycles. The van der Waals surface area contributed by atoms with Crippen LogP contribution in [0.25, 0.3) is 0 Å². The zero-order valence-electron chi connectivity index (χ0n) is 4.85. The summed E-state index contributed by atoms with van der Waals surface area (Å²) >= 11 is 0. The van der Waals surface area contributed by atoms with Gasteiger partial charge in [-0.15, -0.1) is 0 Å². The molecule has 0 fully saturated rings. The molecule has 0 aliphatic carbocycles. The van der Waals surface area contributed by atoms with Crippen LogP contribution >= 0.6 is 0 Å². The van der Waals surface area contributed by atoms with Crippen molar-refractivity contribution < 1.29 is 4.42 Å². The third-order valence-corrected chi connectivity index (χ3v) is 0.883. The fourth-order valence-electron chi connectivity index (χ4n) is 0.517. The number of aromatic nitrogens is 1. The molecule has 0 bridgehead atoms. The lowest BCUT2D eigenvalue weighted by Gasteiger charge is -1.80. The highest BCUT2D eigenvalue weighted by Gasteiger charge is 1.93. The zero-order chi connectivity index (χ0) is 5.98. The first-order valence-electron chi connectivity index (χ1n) is 2.53. The van der Waals surface area contributed by atoms with Crippen molar-refractivity contribution in [3.63, 3.8) is 0 Å². The van der Waals surface area contributed by atoms with Crippen LogP contribution in [0.2, 0.25) is 0 Å². The molecule has 0 unspecified atom stereocenters. The number of aryl methyl sites for hydroxylation is 1. The van der Waals surface area contributed by atoms with Gasteiger partial charge in [-0.25, -0.2) is 4.98 Å². The van der Waals surface area contributed by atoms with Gasteiger partial charge in [0.1, 0.15) is 5.76 Å². The maximum Gasteiger partial charge on any atom is 0.194 e. The number of oxazole rings is 1. The van der Waals surface area contributed by atoms with Crippen LogP contribution in [-0.4, -0.2) is 4.98 Å². The average molecular weight is 110 g/mol. The average Bonchev–Trinajstić information content (AvgIpc) is 2.14. The lowest BCUT2D eigenvalue weighted by molar-refractivity contribution is 0.483. The fourth-order valence-corrected chi connectivity index (χ4v) is 0.517. The number of hydrogen-bond acceptors (Lipinski definition) is 2. The normalized spacial score (nSPS) is 9.75. The molecule has 0 atom stereocenters. The molecular formula is C6H8NO. The summed E-state index contributed by atoms with van der Waals surface area (Å²) in [6, 6.07) is 0. The van der Waals surface area contributed by atoms with Crippen LogP contribution in [0.15, 0.2) is 10.6 Å². The smallest absolute Gasteiger partial charge is 0.194 e. The van der Waals surface area contributed by atoms with Crippen molar-refractivity contribution >= 4 is 0 Å². The summed E-state index contributed by atoms with van der Waals surface area (Å²) < 4.78 is 5.06. The summed E-state index contributed by atoms with van der Waals surface area (Å²) in [7, 11) is 0. The molecule has 43 valence electrons. The fraction of sp³-hybridized carbons (Fsp3) is 0.333. The predicted molar refractivity (Wildman–Crippen MR) is 30.3 cm³/mol. The quantitative estimate of drug-likeness (QED) is 0.545. The van der Waals surface area contributed by atoms with Crippen molar-refractivity contribution in [3.8, 4) is 0 Å². The molecule has 8 heavy (non-hydrogen) atoms. The van der Waals surface area contributed by atoms with Gasteiger partial charge < -0.3 is 4.42 Å². The molecule has 1 heterocycles. The van der Waals surface area contributed by atoms with Gasteiger partial charge in [-0.2, -0.15) is 0 Å². The summed E-state index contributed by atoms with van der Waals surface area (Å²) in [4.78, 5) is 3.91. The van der Waals surface area contributed by atoms with Gasteiger partial charge in [0.05, 0.1) is 6.20 Å². The van der Waals surface area contributed by atoms with Crippen molar-refractivity contribution in [2.75, 3.05) is 0 Å². The minimum Gasteiger partial charge on any atom is -0.446 e. The van der Waals surface area contributed by atoms with E-state index in [1.54, 1.807) is 6.20 Å². The lowest BCUT2D eigenvalue weighted by Crippen LogP contribution is -1.74. The Morgan fingerprint density at radius 2 is 2.62 bits per heavy atom. The summed E-state index contributed by atoms with van der Waals surface area (Å²) in [5.41, 5.74) is 0. The van der Waals surface area contributed by atoms with E-state index < -0.39 is 0 Å². The molecule has 0 saturated heterocycles. The molecule has 0 spiro atoms. The molecule has 2 heteroatoms. The Labute approximate surface area is 48.5 Å². The van der Waals surface area contributed by atoms with E-state index in [1.807, 2.05) is 6.92 Å². The summed E-state index contributed by atoms with van der Waals surface area (Å²) in [6.45, 7) is 5.48. The van der Waals surface area contributed by atoms with Crippen molar-refractivity contribution in [2.45, 2.75) is 13.3 Å². The molecule has 0 N–H and O–H groups in total. The molecule has 0 aliphatic heterocycles. The maximum absolute atomic E-state index is 5.06. The van der Waals surface area contributed by atoms with Gasteiger partial charge in [-0.3, -0.25) is 0 Å². The molecule has 1 aromatic rings. The number of rotatable bonds is 1. The van der Waals surface area contributed by atoms with Crippen molar-refractivity contribution in [3.05, 3.63) is 24.8 Å². The number of hydrogen-bond donors (Lipinski definition) is 0. The summed E-state index contributed by atoms with van der Waals surface area (Å²) in [6.07, 6.45) is 2.33. The van der Waals surface area contributed by atoms with Gasteiger partial charge >= 0.3 is 0 Å². The first-order chi connectivity index (χ1) is 3.83. The van der Waals surface area contributed by atoms with Gasteiger partial charge in [-0.1, -0.05) is 0 Å². The lowest BCUT2D eigenvalue weighted by atomic mass is 10.5. The Morgan fingerprint density at radius 1 is 1.88 bits per heavy atom. The Hall–Kier alpha value is -0.790. The van der Waals surface area contributed by atoms with E-state index in [2.05, 4.69) is 11.9 Å². The zero-order valence-corrected chi connectivity index (χ0v) is 4.85. The molecule has 1 rings (SSSR count). The van der Waals surface area contributed by atoms with E-state index in [9.17, 15) is 0 Å². The van der Waals surface area contributed by atoms with Crippen molar-refractivity contribution in [1.82, 2.24) is 4.98 Å². The second-order valence-electron chi connectivity index (χ2n) is 1.61. The van der Waals surface area contributed by atoms with E-state index in [-0.39, 0.29) is 0 Å². The molecule has 1 aromatic heterocycles. The highest BCUT2D eigenvalue weighted by molar-refractivity contribution is 4.90. The van der Waals surface area contributed by atoms with Gasteiger partial charge in [-0.05, 0) is 13.8 Å². The van der Waals surface area contributed by atoms with Crippen LogP contribution < -0.4 is 0 Å². The minimum atomic E-state index is 0.633. The monoisotopic (exact) mass is 110 g/mol. The predicted octanol–water partition coefficient (Wildman–Crippen LogP) is 1.36. The van der Waals surface area contributed by atoms with E-state index >= 15 is 0 Å². The standard InChI is InChI=1S/C6H8NO/c1-3-6-7-4-5(2)8-6/h4H,1,3H2,2H3. The Balaban J connectivity index is 2.84. The van der Waals surface area contributed by atoms with Crippen LogP contribution in [0.4, 0.5) is 0 Å². The van der Waals surface area contributed by atoms with E-state index in [0.29, 0.717) is 12.3 Å². The van der Waals surface area contributed by atoms with E-state index in [1.165, 1.54) is 0 Å². The number of nitrogens with zero attached hydrogens (tertiary/aromatic N) is 1. The largest absolute Gasteiger partial charge is 0.446 e. The van der Waals surface area contributed by atoms with Crippen molar-refractivity contribution in [2.24, 2.45) is 0 Å². The maximum atomic E-state index is 5.06. The third kappa shape index (κ3) is 0.886. The van der Waals surface area contributed by atoms with Crippen LogP contribution in [0.3, 0.4) is 0 Å². The summed E-state index contributed by atoms with van der Waals surface area (Å²) in [5, 5.41) is 0. The highest BCUT2D eigenvalue weighted by atomic mass is 16.3. The first-order valence-corrected chi connectivity index (χ1v) is 2.53. The van der Waals surface area contributed by atoms with Gasteiger partial charge in [0, 0.05) is 6.42 Å². The first kappa shape index (κ1) is 5.35. The minimum absolute atomic E-state index is 0.633. The van der Waals surface area contributed by atoms with Gasteiger partial charge in [0.25, 0.3) is 0 Å².